The summed E-state index contributed by atoms with van der Waals surface area (Å²) in [5, 5.41) is 11.0. The molecule has 0 atom stereocenters. The van der Waals surface area contributed by atoms with Gasteiger partial charge in [-0.05, 0) is 24.5 Å². The first-order chi connectivity index (χ1) is 13.3. The minimum Gasteiger partial charge on any atom is -0.388 e. The van der Waals surface area contributed by atoms with E-state index in [0.29, 0.717) is 6.04 Å². The Hall–Kier alpha value is -2.70. The highest BCUT2D eigenvalue weighted by atomic mass is 16.3. The van der Waals surface area contributed by atoms with E-state index in [1.165, 1.54) is 5.56 Å². The number of likely N-dealkylation sites (tertiary alicyclic amines) is 1. The van der Waals surface area contributed by atoms with Gasteiger partial charge in [-0.15, -0.1) is 0 Å². The van der Waals surface area contributed by atoms with Crippen molar-refractivity contribution in [2.24, 2.45) is 0 Å². The number of aromatic amines is 1. The first-order valence-corrected chi connectivity index (χ1v) is 9.53. The van der Waals surface area contributed by atoms with Gasteiger partial charge >= 0.3 is 0 Å². The molecule has 1 aliphatic rings. The molecule has 5 rings (SSSR count). The minimum atomic E-state index is -0.0508. The zero-order chi connectivity index (χ0) is 18.2. The monoisotopic (exact) mass is 361 g/mol. The van der Waals surface area contributed by atoms with Crippen molar-refractivity contribution < 1.29 is 5.11 Å². The fraction of sp³-hybridized carbons (Fsp3) is 0.333. The van der Waals surface area contributed by atoms with Gasteiger partial charge in [-0.3, -0.25) is 4.90 Å². The largest absolute Gasteiger partial charge is 0.388 e. The number of pyridine rings is 1. The summed E-state index contributed by atoms with van der Waals surface area (Å²) in [5.74, 6) is 0.738. The van der Waals surface area contributed by atoms with Crippen LogP contribution in [0.1, 0.15) is 30.3 Å². The van der Waals surface area contributed by atoms with Gasteiger partial charge in [0, 0.05) is 37.3 Å². The highest BCUT2D eigenvalue weighted by Crippen LogP contribution is 2.32. The number of nitrogens with one attached hydrogen (secondary N) is 1. The number of nitrogens with zero attached hydrogens (tertiary/aromatic N) is 4. The molecule has 1 aliphatic heterocycles. The van der Waals surface area contributed by atoms with Crippen LogP contribution in [-0.2, 0) is 13.2 Å². The van der Waals surface area contributed by atoms with Crippen molar-refractivity contribution in [3.63, 3.8) is 0 Å². The van der Waals surface area contributed by atoms with E-state index in [2.05, 4.69) is 60.8 Å². The highest BCUT2D eigenvalue weighted by Gasteiger charge is 2.25. The van der Waals surface area contributed by atoms with Crippen LogP contribution in [0.3, 0.4) is 0 Å². The van der Waals surface area contributed by atoms with Gasteiger partial charge in [0.25, 0.3) is 0 Å². The molecule has 0 bridgehead atoms. The summed E-state index contributed by atoms with van der Waals surface area (Å²) in [6.07, 6.45) is 5.82. The second kappa shape index (κ2) is 6.79. The van der Waals surface area contributed by atoms with Crippen molar-refractivity contribution in [1.82, 2.24) is 24.4 Å². The van der Waals surface area contributed by atoms with E-state index in [4.69, 9.17) is 0 Å². The van der Waals surface area contributed by atoms with Crippen LogP contribution in [-0.4, -0.2) is 42.6 Å². The zero-order valence-corrected chi connectivity index (χ0v) is 15.2. The minimum absolute atomic E-state index is 0.0508. The van der Waals surface area contributed by atoms with Crippen LogP contribution < -0.4 is 0 Å². The summed E-state index contributed by atoms with van der Waals surface area (Å²) in [6, 6.07) is 13.0. The molecule has 27 heavy (non-hydrogen) atoms. The predicted octanol–water partition coefficient (Wildman–Crippen LogP) is 3.24. The van der Waals surface area contributed by atoms with Gasteiger partial charge < -0.3 is 14.7 Å². The summed E-state index contributed by atoms with van der Waals surface area (Å²) >= 11 is 0. The Morgan fingerprint density at radius 2 is 1.93 bits per heavy atom. The molecule has 0 aliphatic carbocycles. The van der Waals surface area contributed by atoms with E-state index in [9.17, 15) is 5.11 Å². The summed E-state index contributed by atoms with van der Waals surface area (Å²) in [7, 11) is 0. The Labute approximate surface area is 157 Å². The van der Waals surface area contributed by atoms with E-state index < -0.39 is 0 Å². The van der Waals surface area contributed by atoms with Gasteiger partial charge in [0.15, 0.2) is 0 Å². The Morgan fingerprint density at radius 1 is 1.11 bits per heavy atom. The smallest absolute Gasteiger partial charge is 0.139 e. The van der Waals surface area contributed by atoms with Crippen LogP contribution >= 0.6 is 0 Å². The molecule has 1 fully saturated rings. The molecule has 4 aromatic rings. The van der Waals surface area contributed by atoms with E-state index in [0.717, 1.165) is 60.4 Å². The normalized spacial score (nSPS) is 16.5. The summed E-state index contributed by atoms with van der Waals surface area (Å²) in [6.45, 7) is 3.04. The number of rotatable bonds is 4. The average Bonchev–Trinajstić information content (AvgIpc) is 3.33. The van der Waals surface area contributed by atoms with E-state index in [1.807, 2.05) is 6.20 Å². The number of aromatic nitrogens is 4. The van der Waals surface area contributed by atoms with Crippen LogP contribution in [0.25, 0.3) is 22.1 Å². The molecule has 3 aromatic heterocycles. The SMILES string of the molecule is OCc1nc2cnc3[nH]ccc3c2n1C1CCN(Cc2ccccc2)CC1. The molecule has 6 nitrogen and oxygen atoms in total. The third-order valence-electron chi connectivity index (χ3n) is 5.62. The van der Waals surface area contributed by atoms with Crippen LogP contribution in [0.5, 0.6) is 0 Å². The van der Waals surface area contributed by atoms with Gasteiger partial charge in [-0.2, -0.15) is 0 Å². The second-order valence-corrected chi connectivity index (χ2v) is 7.28. The molecule has 0 amide bonds. The number of benzene rings is 1. The van der Waals surface area contributed by atoms with E-state index in [1.54, 1.807) is 6.20 Å². The average molecular weight is 361 g/mol. The maximum Gasteiger partial charge on any atom is 0.139 e. The number of hydrogen-bond acceptors (Lipinski definition) is 4. The lowest BCUT2D eigenvalue weighted by atomic mass is 10.0. The number of aliphatic hydroxyl groups excluding tert-OH is 1. The predicted molar refractivity (Wildman–Crippen MR) is 105 cm³/mol. The van der Waals surface area contributed by atoms with Crippen LogP contribution in [0.2, 0.25) is 0 Å². The van der Waals surface area contributed by atoms with Crippen molar-refractivity contribution in [2.75, 3.05) is 13.1 Å². The van der Waals surface area contributed by atoms with Crippen molar-refractivity contribution in [1.29, 1.82) is 0 Å². The summed E-state index contributed by atoms with van der Waals surface area (Å²) in [4.78, 5) is 14.8. The Morgan fingerprint density at radius 3 is 2.70 bits per heavy atom. The van der Waals surface area contributed by atoms with Gasteiger partial charge in [0.1, 0.15) is 23.6 Å². The lowest BCUT2D eigenvalue weighted by molar-refractivity contribution is 0.174. The number of piperidine rings is 1. The highest BCUT2D eigenvalue weighted by molar-refractivity contribution is 6.01. The molecule has 6 heteroatoms. The Bertz CT molecular complexity index is 1060. The maximum absolute atomic E-state index is 9.90. The molecule has 1 saturated heterocycles. The molecular formula is C21H23N5O. The Kier molecular flexibility index (Phi) is 4.14. The van der Waals surface area contributed by atoms with Gasteiger partial charge in [0.05, 0.1) is 11.7 Å². The van der Waals surface area contributed by atoms with Crippen molar-refractivity contribution >= 4 is 22.1 Å². The number of hydrogen-bond donors (Lipinski definition) is 2. The number of aliphatic hydroxyl groups is 1. The quantitative estimate of drug-likeness (QED) is 0.585. The van der Waals surface area contributed by atoms with Crippen LogP contribution in [0.4, 0.5) is 0 Å². The zero-order valence-electron chi connectivity index (χ0n) is 15.2. The molecule has 0 unspecified atom stereocenters. The first-order valence-electron chi connectivity index (χ1n) is 9.53. The number of imidazole rings is 1. The summed E-state index contributed by atoms with van der Waals surface area (Å²) in [5.41, 5.74) is 4.18. The molecule has 0 radical (unpaired) electrons. The maximum atomic E-state index is 9.90. The van der Waals surface area contributed by atoms with E-state index in [-0.39, 0.29) is 6.61 Å². The molecule has 1 aromatic carbocycles. The first kappa shape index (κ1) is 16.5. The summed E-state index contributed by atoms with van der Waals surface area (Å²) < 4.78 is 2.26. The second-order valence-electron chi connectivity index (χ2n) is 7.28. The Balaban J connectivity index is 1.43. The number of fused-ring (bicyclic) bond motifs is 3. The number of H-pyrrole nitrogens is 1. The van der Waals surface area contributed by atoms with Gasteiger partial charge in [-0.25, -0.2) is 9.97 Å². The topological polar surface area (TPSA) is 70.0 Å². The van der Waals surface area contributed by atoms with Gasteiger partial charge in [-0.1, -0.05) is 30.3 Å². The van der Waals surface area contributed by atoms with Crippen LogP contribution in [0.15, 0.2) is 48.8 Å². The lowest BCUT2D eigenvalue weighted by Crippen LogP contribution is -2.34. The molecule has 0 saturated carbocycles. The third kappa shape index (κ3) is 2.91. The fourth-order valence-electron chi connectivity index (χ4n) is 4.32. The van der Waals surface area contributed by atoms with E-state index >= 15 is 0 Å². The molecular weight excluding hydrogens is 338 g/mol. The molecule has 4 heterocycles. The lowest BCUT2D eigenvalue weighted by Gasteiger charge is -2.33. The van der Waals surface area contributed by atoms with Crippen molar-refractivity contribution in [3.8, 4) is 0 Å². The van der Waals surface area contributed by atoms with Crippen molar-refractivity contribution in [3.05, 3.63) is 60.2 Å². The third-order valence-corrected chi connectivity index (χ3v) is 5.62. The van der Waals surface area contributed by atoms with Crippen molar-refractivity contribution in [2.45, 2.75) is 32.0 Å². The molecule has 0 spiro atoms. The molecule has 138 valence electrons. The molecule has 2 N–H and O–H groups in total. The fourth-order valence-corrected chi connectivity index (χ4v) is 4.32. The van der Waals surface area contributed by atoms with Crippen LogP contribution in [0, 0.1) is 0 Å². The standard InChI is InChI=1S/C21H23N5O/c27-14-19-24-18-12-23-21-17(6-9-22-21)20(18)26(19)16-7-10-25(11-8-16)13-15-4-2-1-3-5-15/h1-6,9,12,16,27H,7-8,10-11,13-14H2,(H,22,23). The van der Waals surface area contributed by atoms with Gasteiger partial charge in [0.2, 0.25) is 0 Å².